The van der Waals surface area contributed by atoms with Crippen LogP contribution in [0.4, 0.5) is 5.82 Å². The Kier molecular flexibility index (Phi) is 5.82. The lowest BCUT2D eigenvalue weighted by atomic mass is 10.5. The van der Waals surface area contributed by atoms with Crippen LogP contribution in [0.15, 0.2) is 10.7 Å². The lowest BCUT2D eigenvalue weighted by Crippen LogP contribution is -2.38. The zero-order valence-electron chi connectivity index (χ0n) is 11.8. The maximum absolute atomic E-state index is 11.8. The lowest BCUT2D eigenvalue weighted by molar-refractivity contribution is 0.433. The Labute approximate surface area is 123 Å². The quantitative estimate of drug-likeness (QED) is 0.741. The summed E-state index contributed by atoms with van der Waals surface area (Å²) in [5, 5.41) is 4.20. The molecule has 110 valence electrons. The monoisotopic (exact) mass is 352 g/mol. The van der Waals surface area contributed by atoms with Crippen LogP contribution < -0.4 is 4.90 Å². The van der Waals surface area contributed by atoms with Crippen molar-refractivity contribution in [1.29, 1.82) is 0 Å². The van der Waals surface area contributed by atoms with Crippen LogP contribution in [0.2, 0.25) is 0 Å². The highest BCUT2D eigenvalue weighted by molar-refractivity contribution is 9.10. The van der Waals surface area contributed by atoms with E-state index in [1.165, 1.54) is 4.31 Å². The summed E-state index contributed by atoms with van der Waals surface area (Å²) >= 11 is 3.32. The lowest BCUT2D eigenvalue weighted by Gasteiger charge is -2.24. The second-order valence-corrected chi connectivity index (χ2v) is 7.33. The fourth-order valence-corrected chi connectivity index (χ4v) is 3.39. The second-order valence-electron chi connectivity index (χ2n) is 4.26. The van der Waals surface area contributed by atoms with E-state index >= 15 is 0 Å². The summed E-state index contributed by atoms with van der Waals surface area (Å²) in [7, 11) is 0.666. The van der Waals surface area contributed by atoms with Crippen LogP contribution in [0.3, 0.4) is 0 Å². The van der Waals surface area contributed by atoms with E-state index in [1.54, 1.807) is 11.6 Å². The summed E-state index contributed by atoms with van der Waals surface area (Å²) in [6.07, 6.45) is 0. The molecule has 0 saturated carbocycles. The van der Waals surface area contributed by atoms with Gasteiger partial charge in [0, 0.05) is 39.8 Å². The van der Waals surface area contributed by atoms with E-state index in [1.807, 2.05) is 32.0 Å². The summed E-state index contributed by atoms with van der Waals surface area (Å²) in [5.41, 5.74) is 0. The standard InChI is InChI=1S/C11H21BrN4O2S/c1-5-16(19(17,18)6-2)8-7-14(3)11-9-10(12)13-15(11)4/h9H,5-8H2,1-4H3. The van der Waals surface area contributed by atoms with Crippen molar-refractivity contribution in [1.82, 2.24) is 14.1 Å². The molecular weight excluding hydrogens is 332 g/mol. The van der Waals surface area contributed by atoms with Gasteiger partial charge in [-0.3, -0.25) is 4.68 Å². The molecular formula is C11H21BrN4O2S. The third-order valence-corrected chi connectivity index (χ3v) is 5.36. The Morgan fingerprint density at radius 1 is 1.37 bits per heavy atom. The third kappa shape index (κ3) is 4.19. The largest absolute Gasteiger partial charge is 0.359 e. The van der Waals surface area contributed by atoms with E-state index in [-0.39, 0.29) is 5.75 Å². The molecule has 0 spiro atoms. The van der Waals surface area contributed by atoms with E-state index in [0.29, 0.717) is 19.6 Å². The minimum atomic E-state index is -3.12. The molecule has 8 heteroatoms. The maximum Gasteiger partial charge on any atom is 0.213 e. The number of anilines is 1. The minimum Gasteiger partial charge on any atom is -0.359 e. The summed E-state index contributed by atoms with van der Waals surface area (Å²) in [6, 6.07) is 1.91. The molecule has 1 heterocycles. The maximum atomic E-state index is 11.8. The first kappa shape index (κ1) is 16.5. The van der Waals surface area contributed by atoms with Crippen LogP contribution in [0.1, 0.15) is 13.8 Å². The van der Waals surface area contributed by atoms with Gasteiger partial charge < -0.3 is 4.90 Å². The molecule has 0 unspecified atom stereocenters. The molecule has 0 amide bonds. The summed E-state index contributed by atoms with van der Waals surface area (Å²) in [5.74, 6) is 1.08. The van der Waals surface area contributed by atoms with Crippen molar-refractivity contribution in [2.45, 2.75) is 13.8 Å². The molecule has 0 aliphatic heterocycles. The first-order chi connectivity index (χ1) is 8.81. The molecule has 0 bridgehead atoms. The van der Waals surface area contributed by atoms with Crippen LogP contribution in [-0.4, -0.2) is 54.9 Å². The Hall–Kier alpha value is -0.600. The van der Waals surface area contributed by atoms with Gasteiger partial charge in [0.1, 0.15) is 10.4 Å². The van der Waals surface area contributed by atoms with Gasteiger partial charge in [-0.15, -0.1) is 0 Å². The topological polar surface area (TPSA) is 58.4 Å². The van der Waals surface area contributed by atoms with Gasteiger partial charge in [-0.1, -0.05) is 6.92 Å². The molecule has 0 N–H and O–H groups in total. The highest BCUT2D eigenvalue weighted by atomic mass is 79.9. The third-order valence-electron chi connectivity index (χ3n) is 3.01. The van der Waals surface area contributed by atoms with E-state index < -0.39 is 10.0 Å². The van der Waals surface area contributed by atoms with Crippen LogP contribution >= 0.6 is 15.9 Å². The molecule has 0 aliphatic rings. The van der Waals surface area contributed by atoms with Gasteiger partial charge >= 0.3 is 0 Å². The number of sulfonamides is 1. The van der Waals surface area contributed by atoms with Gasteiger partial charge in [0.25, 0.3) is 0 Å². The fraction of sp³-hybridized carbons (Fsp3) is 0.727. The van der Waals surface area contributed by atoms with Crippen molar-refractivity contribution >= 4 is 31.8 Å². The van der Waals surface area contributed by atoms with Crippen molar-refractivity contribution in [3.8, 4) is 0 Å². The van der Waals surface area contributed by atoms with Crippen molar-refractivity contribution in [2.75, 3.05) is 37.3 Å². The van der Waals surface area contributed by atoms with Gasteiger partial charge in [-0.05, 0) is 22.9 Å². The number of rotatable bonds is 7. The van der Waals surface area contributed by atoms with Gasteiger partial charge in [0.05, 0.1) is 5.75 Å². The molecule has 1 aromatic rings. The average molecular weight is 353 g/mol. The minimum absolute atomic E-state index is 0.141. The predicted octanol–water partition coefficient (Wildman–Crippen LogP) is 1.29. The SMILES string of the molecule is CCN(CCN(C)c1cc(Br)nn1C)S(=O)(=O)CC. The Morgan fingerprint density at radius 2 is 2.00 bits per heavy atom. The van der Waals surface area contributed by atoms with Crippen molar-refractivity contribution in [3.05, 3.63) is 10.7 Å². The van der Waals surface area contributed by atoms with Gasteiger partial charge in [-0.25, -0.2) is 12.7 Å². The van der Waals surface area contributed by atoms with Gasteiger partial charge in [-0.2, -0.15) is 5.10 Å². The number of hydrogen-bond acceptors (Lipinski definition) is 4. The van der Waals surface area contributed by atoms with Crippen LogP contribution in [0, 0.1) is 0 Å². The molecule has 0 fully saturated rings. The van der Waals surface area contributed by atoms with E-state index in [4.69, 9.17) is 0 Å². The first-order valence-corrected chi connectivity index (χ1v) is 8.60. The zero-order chi connectivity index (χ0) is 14.6. The van der Waals surface area contributed by atoms with E-state index in [0.717, 1.165) is 10.4 Å². The molecule has 19 heavy (non-hydrogen) atoms. The molecule has 6 nitrogen and oxygen atoms in total. The Balaban J connectivity index is 2.68. The fourth-order valence-electron chi connectivity index (χ4n) is 1.83. The predicted molar refractivity (Wildman–Crippen MR) is 80.9 cm³/mol. The van der Waals surface area contributed by atoms with Crippen molar-refractivity contribution < 1.29 is 8.42 Å². The molecule has 1 aromatic heterocycles. The number of likely N-dealkylation sites (N-methyl/N-ethyl adjacent to an activating group) is 2. The Bertz CT molecular complexity index is 515. The summed E-state index contributed by atoms with van der Waals surface area (Å²) < 4.78 is 27.7. The second kappa shape index (κ2) is 6.71. The molecule has 0 radical (unpaired) electrons. The number of hydrogen-bond donors (Lipinski definition) is 0. The number of aromatic nitrogens is 2. The summed E-state index contributed by atoms with van der Waals surface area (Å²) in [4.78, 5) is 1.99. The zero-order valence-corrected chi connectivity index (χ0v) is 14.2. The van der Waals surface area contributed by atoms with E-state index in [9.17, 15) is 8.42 Å². The smallest absolute Gasteiger partial charge is 0.213 e. The molecule has 0 saturated heterocycles. The highest BCUT2D eigenvalue weighted by Crippen LogP contribution is 2.17. The molecule has 0 aliphatic carbocycles. The normalized spacial score (nSPS) is 12.1. The number of nitrogens with zero attached hydrogens (tertiary/aromatic N) is 4. The molecule has 1 rings (SSSR count). The highest BCUT2D eigenvalue weighted by Gasteiger charge is 2.18. The van der Waals surface area contributed by atoms with Crippen molar-refractivity contribution in [3.63, 3.8) is 0 Å². The average Bonchev–Trinajstić information content (AvgIpc) is 2.68. The van der Waals surface area contributed by atoms with Crippen molar-refractivity contribution in [2.24, 2.45) is 7.05 Å². The number of aryl methyl sites for hydroxylation is 1. The van der Waals surface area contributed by atoms with E-state index in [2.05, 4.69) is 21.0 Å². The van der Waals surface area contributed by atoms with Gasteiger partial charge in [0.2, 0.25) is 10.0 Å². The van der Waals surface area contributed by atoms with Crippen LogP contribution in [0.25, 0.3) is 0 Å². The summed E-state index contributed by atoms with van der Waals surface area (Å²) in [6.45, 7) is 5.12. The number of halogens is 1. The van der Waals surface area contributed by atoms with Gasteiger partial charge in [0.15, 0.2) is 0 Å². The first-order valence-electron chi connectivity index (χ1n) is 6.20. The molecule has 0 atom stereocenters. The Morgan fingerprint density at radius 3 is 2.42 bits per heavy atom. The van der Waals surface area contributed by atoms with Crippen LogP contribution in [-0.2, 0) is 17.1 Å². The molecule has 0 aromatic carbocycles. The van der Waals surface area contributed by atoms with Crippen LogP contribution in [0.5, 0.6) is 0 Å².